The molecule has 8 nitrogen and oxygen atoms in total. The van der Waals surface area contributed by atoms with Gasteiger partial charge in [0.1, 0.15) is 11.5 Å². The number of aromatic nitrogens is 2. The van der Waals surface area contributed by atoms with E-state index in [1.807, 2.05) is 18.2 Å². The van der Waals surface area contributed by atoms with Crippen molar-refractivity contribution in [2.45, 2.75) is 6.92 Å². The van der Waals surface area contributed by atoms with Crippen LogP contribution < -0.4 is 19.9 Å². The van der Waals surface area contributed by atoms with E-state index in [-0.39, 0.29) is 5.91 Å². The summed E-state index contributed by atoms with van der Waals surface area (Å²) in [6, 6.07) is 11.6. The number of nitrogens with one attached hydrogen (secondary N) is 1. The van der Waals surface area contributed by atoms with Gasteiger partial charge in [0.2, 0.25) is 0 Å². The van der Waals surface area contributed by atoms with Gasteiger partial charge in [-0.15, -0.1) is 0 Å². The van der Waals surface area contributed by atoms with Crippen LogP contribution in [0.25, 0.3) is 0 Å². The van der Waals surface area contributed by atoms with Gasteiger partial charge in [0.05, 0.1) is 24.6 Å². The lowest BCUT2D eigenvalue weighted by molar-refractivity contribution is 0.102. The number of carbonyl (C=O) groups excluding carboxylic acids is 1. The molecule has 0 atom stereocenters. The maximum absolute atomic E-state index is 12.5. The Balaban J connectivity index is 1.39. The summed E-state index contributed by atoms with van der Waals surface area (Å²) in [5.41, 5.74) is 2.60. The summed E-state index contributed by atoms with van der Waals surface area (Å²) in [5.74, 6) is 1.63. The third kappa shape index (κ3) is 4.31. The summed E-state index contributed by atoms with van der Waals surface area (Å²) in [6.45, 7) is 5.25. The Labute approximate surface area is 169 Å². The molecule has 0 radical (unpaired) electrons. The average molecular weight is 393 g/mol. The molecule has 1 saturated heterocycles. The highest BCUT2D eigenvalue weighted by molar-refractivity contribution is 6.04. The van der Waals surface area contributed by atoms with Gasteiger partial charge in [-0.1, -0.05) is 5.16 Å². The molecule has 8 heteroatoms. The van der Waals surface area contributed by atoms with Crippen molar-refractivity contribution in [3.63, 3.8) is 0 Å². The van der Waals surface area contributed by atoms with Gasteiger partial charge in [0, 0.05) is 44.1 Å². The minimum atomic E-state index is -0.260. The molecule has 0 unspecified atom stereocenters. The number of hydrogen-bond donors (Lipinski definition) is 1. The molecule has 3 aromatic rings. The van der Waals surface area contributed by atoms with E-state index >= 15 is 0 Å². The van der Waals surface area contributed by atoms with E-state index < -0.39 is 0 Å². The highest BCUT2D eigenvalue weighted by Gasteiger charge is 2.19. The van der Waals surface area contributed by atoms with E-state index in [9.17, 15) is 4.79 Å². The molecule has 0 spiro atoms. The first-order valence-electron chi connectivity index (χ1n) is 9.46. The number of amides is 1. The van der Waals surface area contributed by atoms with E-state index in [2.05, 4.69) is 37.4 Å². The van der Waals surface area contributed by atoms with Crippen molar-refractivity contribution < 1.29 is 14.1 Å². The highest BCUT2D eigenvalue weighted by Crippen LogP contribution is 2.23. The minimum Gasteiger partial charge on any atom is -0.497 e. The van der Waals surface area contributed by atoms with Gasteiger partial charge in [-0.3, -0.25) is 9.78 Å². The minimum absolute atomic E-state index is 0.260. The highest BCUT2D eigenvalue weighted by atomic mass is 16.5. The van der Waals surface area contributed by atoms with Crippen molar-refractivity contribution in [2.24, 2.45) is 0 Å². The van der Waals surface area contributed by atoms with E-state index in [1.54, 1.807) is 32.5 Å². The number of rotatable bonds is 5. The Morgan fingerprint density at radius 3 is 2.34 bits per heavy atom. The van der Waals surface area contributed by atoms with Gasteiger partial charge in [-0.2, -0.15) is 0 Å². The first-order chi connectivity index (χ1) is 14.1. The molecule has 0 aliphatic carbocycles. The van der Waals surface area contributed by atoms with E-state index in [4.69, 9.17) is 9.26 Å². The predicted octanol–water partition coefficient (Wildman–Crippen LogP) is 2.97. The molecule has 1 aromatic carbocycles. The topological polar surface area (TPSA) is 83.7 Å². The Bertz CT molecular complexity index is 978. The van der Waals surface area contributed by atoms with Crippen LogP contribution in [0, 0.1) is 6.92 Å². The van der Waals surface area contributed by atoms with Crippen LogP contribution in [0.5, 0.6) is 5.75 Å². The normalized spacial score (nSPS) is 14.0. The van der Waals surface area contributed by atoms with Crippen LogP contribution in [0.1, 0.15) is 16.1 Å². The van der Waals surface area contributed by atoms with Crippen LogP contribution in [0.15, 0.2) is 53.3 Å². The second-order valence-corrected chi connectivity index (χ2v) is 6.88. The zero-order valence-corrected chi connectivity index (χ0v) is 16.5. The van der Waals surface area contributed by atoms with Gasteiger partial charge >= 0.3 is 0 Å². The average Bonchev–Trinajstić information content (AvgIpc) is 3.18. The van der Waals surface area contributed by atoms with Crippen molar-refractivity contribution in [3.8, 4) is 5.75 Å². The predicted molar refractivity (Wildman–Crippen MR) is 111 cm³/mol. The van der Waals surface area contributed by atoms with Crippen molar-refractivity contribution in [2.75, 3.05) is 48.4 Å². The zero-order chi connectivity index (χ0) is 20.2. The van der Waals surface area contributed by atoms with Crippen LogP contribution >= 0.6 is 0 Å². The van der Waals surface area contributed by atoms with Crippen molar-refractivity contribution in [1.29, 1.82) is 0 Å². The summed E-state index contributed by atoms with van der Waals surface area (Å²) in [4.78, 5) is 21.3. The van der Waals surface area contributed by atoms with E-state index in [1.165, 1.54) is 5.69 Å². The zero-order valence-electron chi connectivity index (χ0n) is 16.5. The Morgan fingerprint density at radius 2 is 1.72 bits per heavy atom. The van der Waals surface area contributed by atoms with Gasteiger partial charge in [-0.05, 0) is 37.3 Å². The van der Waals surface area contributed by atoms with Crippen LogP contribution in [0.2, 0.25) is 0 Å². The smallest absolute Gasteiger partial charge is 0.258 e. The quantitative estimate of drug-likeness (QED) is 0.713. The number of pyridine rings is 1. The molecule has 0 saturated carbocycles. The summed E-state index contributed by atoms with van der Waals surface area (Å²) < 4.78 is 10.2. The molecule has 3 heterocycles. The first-order valence-corrected chi connectivity index (χ1v) is 9.46. The molecule has 29 heavy (non-hydrogen) atoms. The summed E-state index contributed by atoms with van der Waals surface area (Å²) in [5, 5.41) is 6.52. The molecule has 1 fully saturated rings. The molecule has 0 bridgehead atoms. The van der Waals surface area contributed by atoms with Crippen molar-refractivity contribution >= 4 is 23.1 Å². The molecule has 1 aliphatic rings. The SMILES string of the molecule is COc1ccc(N2CCN(c3cncc(C(=O)Nc4cc(C)on4)c3)CC2)cc1. The number of nitrogens with zero attached hydrogens (tertiary/aromatic N) is 4. The lowest BCUT2D eigenvalue weighted by atomic mass is 10.2. The number of piperazine rings is 1. The van der Waals surface area contributed by atoms with E-state index in [0.29, 0.717) is 17.1 Å². The lowest BCUT2D eigenvalue weighted by Crippen LogP contribution is -2.46. The third-order valence-electron chi connectivity index (χ3n) is 4.94. The molecule has 2 aromatic heterocycles. The first kappa shape index (κ1) is 18.8. The molecular formula is C21H23N5O3. The summed E-state index contributed by atoms with van der Waals surface area (Å²) in [7, 11) is 1.67. The molecule has 1 aliphatic heterocycles. The van der Waals surface area contributed by atoms with Gasteiger partial charge in [0.15, 0.2) is 5.82 Å². The fraction of sp³-hybridized carbons (Fsp3) is 0.286. The second-order valence-electron chi connectivity index (χ2n) is 6.88. The fourth-order valence-corrected chi connectivity index (χ4v) is 3.35. The lowest BCUT2D eigenvalue weighted by Gasteiger charge is -2.37. The van der Waals surface area contributed by atoms with Crippen LogP contribution in [0.4, 0.5) is 17.2 Å². The standard InChI is InChI=1S/C21H23N5O3/c1-15-11-20(24-29-15)23-21(27)16-12-18(14-22-13-16)26-9-7-25(8-10-26)17-3-5-19(28-2)6-4-17/h3-6,11-14H,7-10H2,1-2H3,(H,23,24,27). The Morgan fingerprint density at radius 1 is 1.03 bits per heavy atom. The van der Waals surface area contributed by atoms with Gasteiger partial charge in [-0.25, -0.2) is 0 Å². The number of aryl methyl sites for hydroxylation is 1. The molecule has 1 amide bonds. The van der Waals surface area contributed by atoms with Gasteiger partial charge < -0.3 is 24.4 Å². The van der Waals surface area contributed by atoms with E-state index in [0.717, 1.165) is 37.6 Å². The Kier molecular flexibility index (Phi) is 5.33. The number of methoxy groups -OCH3 is 1. The number of carbonyl (C=O) groups is 1. The largest absolute Gasteiger partial charge is 0.497 e. The maximum Gasteiger partial charge on any atom is 0.258 e. The van der Waals surface area contributed by atoms with Crippen LogP contribution in [-0.2, 0) is 0 Å². The van der Waals surface area contributed by atoms with Gasteiger partial charge in [0.25, 0.3) is 5.91 Å². The number of ether oxygens (including phenoxy) is 1. The monoisotopic (exact) mass is 393 g/mol. The summed E-state index contributed by atoms with van der Waals surface area (Å²) in [6.07, 6.45) is 3.35. The van der Waals surface area contributed by atoms with Crippen LogP contribution in [-0.4, -0.2) is 49.3 Å². The number of anilines is 3. The van der Waals surface area contributed by atoms with Crippen molar-refractivity contribution in [3.05, 3.63) is 60.1 Å². The van der Waals surface area contributed by atoms with Crippen LogP contribution in [0.3, 0.4) is 0 Å². The molecule has 1 N–H and O–H groups in total. The summed E-state index contributed by atoms with van der Waals surface area (Å²) >= 11 is 0. The maximum atomic E-state index is 12.5. The molecule has 150 valence electrons. The molecular weight excluding hydrogens is 370 g/mol. The fourth-order valence-electron chi connectivity index (χ4n) is 3.35. The number of benzene rings is 1. The third-order valence-corrected chi connectivity index (χ3v) is 4.94. The second kappa shape index (κ2) is 8.22. The molecule has 4 rings (SSSR count). The number of hydrogen-bond acceptors (Lipinski definition) is 7. The Hall–Kier alpha value is -3.55. The van der Waals surface area contributed by atoms with Crippen molar-refractivity contribution in [1.82, 2.24) is 10.1 Å².